The van der Waals surface area contributed by atoms with Crippen LogP contribution in [0.1, 0.15) is 11.1 Å². The zero-order valence-corrected chi connectivity index (χ0v) is 15.7. The number of rotatable bonds is 4. The van der Waals surface area contributed by atoms with E-state index in [0.717, 1.165) is 22.4 Å². The van der Waals surface area contributed by atoms with Crippen LogP contribution in [0, 0.1) is 13.8 Å². The van der Waals surface area contributed by atoms with E-state index in [0.29, 0.717) is 11.2 Å². The van der Waals surface area contributed by atoms with Crippen LogP contribution in [0.15, 0.2) is 71.8 Å². The Hall–Kier alpha value is -3.67. The molecule has 4 rings (SSSR count). The van der Waals surface area contributed by atoms with Crippen LogP contribution in [0.2, 0.25) is 0 Å². The third-order valence-corrected chi connectivity index (χ3v) is 4.57. The minimum atomic E-state index is -0.257. The van der Waals surface area contributed by atoms with Gasteiger partial charge in [-0.3, -0.25) is 9.59 Å². The molecule has 2 aromatic carbocycles. The average Bonchev–Trinajstić information content (AvgIpc) is 3.10. The Balaban J connectivity index is 1.60. The molecule has 6 nitrogen and oxygen atoms in total. The predicted octanol–water partition coefficient (Wildman–Crippen LogP) is 3.42. The minimum absolute atomic E-state index is 0.0612. The summed E-state index contributed by atoms with van der Waals surface area (Å²) in [5.74, 6) is -0.254. The lowest BCUT2D eigenvalue weighted by molar-refractivity contribution is -0.116. The molecule has 0 fully saturated rings. The maximum atomic E-state index is 12.8. The molecule has 6 heteroatoms. The Labute approximate surface area is 162 Å². The molecule has 140 valence electrons. The van der Waals surface area contributed by atoms with Crippen molar-refractivity contribution in [1.29, 1.82) is 0 Å². The van der Waals surface area contributed by atoms with Crippen molar-refractivity contribution in [3.8, 4) is 11.3 Å². The molecule has 0 aliphatic rings. The normalized spacial score (nSPS) is 10.9. The van der Waals surface area contributed by atoms with Gasteiger partial charge >= 0.3 is 0 Å². The molecule has 0 spiro atoms. The van der Waals surface area contributed by atoms with Crippen LogP contribution in [-0.4, -0.2) is 20.1 Å². The first-order valence-electron chi connectivity index (χ1n) is 9.02. The van der Waals surface area contributed by atoms with E-state index in [2.05, 4.69) is 10.4 Å². The lowest BCUT2D eigenvalue weighted by Crippen LogP contribution is -2.28. The van der Waals surface area contributed by atoms with Crippen molar-refractivity contribution in [1.82, 2.24) is 14.2 Å². The van der Waals surface area contributed by atoms with Gasteiger partial charge in [0.1, 0.15) is 12.1 Å². The van der Waals surface area contributed by atoms with Crippen molar-refractivity contribution < 1.29 is 4.79 Å². The second-order valence-corrected chi connectivity index (χ2v) is 6.87. The number of carbonyl (C=O) groups excluding carboxylic acids is 1. The maximum Gasteiger partial charge on any atom is 0.277 e. The highest BCUT2D eigenvalue weighted by Gasteiger charge is 2.11. The quantitative estimate of drug-likeness (QED) is 0.597. The SMILES string of the molecule is Cc1ccc(-c2cc3c(=O)n(CC(=O)Nc4cccc(C)c4)ccn3n2)cc1. The third-order valence-electron chi connectivity index (χ3n) is 4.57. The Morgan fingerprint density at radius 3 is 2.54 bits per heavy atom. The molecular formula is C22H20N4O2. The first-order chi connectivity index (χ1) is 13.5. The summed E-state index contributed by atoms with van der Waals surface area (Å²) in [6, 6.07) is 17.3. The van der Waals surface area contributed by atoms with Crippen LogP contribution in [0.4, 0.5) is 5.69 Å². The maximum absolute atomic E-state index is 12.8. The fourth-order valence-corrected chi connectivity index (χ4v) is 3.09. The van der Waals surface area contributed by atoms with E-state index < -0.39 is 0 Å². The zero-order chi connectivity index (χ0) is 19.7. The van der Waals surface area contributed by atoms with E-state index in [1.54, 1.807) is 23.0 Å². The molecule has 0 atom stereocenters. The number of fused-ring (bicyclic) bond motifs is 1. The Morgan fingerprint density at radius 1 is 1.00 bits per heavy atom. The van der Waals surface area contributed by atoms with Gasteiger partial charge in [-0.1, -0.05) is 42.0 Å². The van der Waals surface area contributed by atoms with Crippen molar-refractivity contribution in [2.75, 3.05) is 5.32 Å². The Bertz CT molecular complexity index is 1220. The van der Waals surface area contributed by atoms with E-state index in [-0.39, 0.29) is 18.0 Å². The summed E-state index contributed by atoms with van der Waals surface area (Å²) in [5.41, 5.74) is 4.77. The lowest BCUT2D eigenvalue weighted by atomic mass is 10.1. The molecule has 0 unspecified atom stereocenters. The fraction of sp³-hybridized carbons (Fsp3) is 0.136. The average molecular weight is 372 g/mol. The number of amides is 1. The van der Waals surface area contributed by atoms with Gasteiger partial charge in [0.25, 0.3) is 5.56 Å². The summed E-state index contributed by atoms with van der Waals surface area (Å²) in [7, 11) is 0. The number of hydrogen-bond acceptors (Lipinski definition) is 3. The van der Waals surface area contributed by atoms with E-state index in [9.17, 15) is 9.59 Å². The molecule has 0 saturated carbocycles. The van der Waals surface area contributed by atoms with Crippen molar-refractivity contribution in [2.45, 2.75) is 20.4 Å². The molecule has 2 heterocycles. The summed E-state index contributed by atoms with van der Waals surface area (Å²) in [6.07, 6.45) is 3.27. The molecule has 2 aromatic heterocycles. The van der Waals surface area contributed by atoms with Crippen molar-refractivity contribution >= 4 is 17.1 Å². The topological polar surface area (TPSA) is 68.4 Å². The molecule has 4 aromatic rings. The summed E-state index contributed by atoms with van der Waals surface area (Å²) < 4.78 is 2.94. The van der Waals surface area contributed by atoms with Gasteiger partial charge in [-0.05, 0) is 37.6 Å². The van der Waals surface area contributed by atoms with Gasteiger partial charge in [0.2, 0.25) is 5.91 Å². The number of benzene rings is 2. The molecular weight excluding hydrogens is 352 g/mol. The molecule has 1 N–H and O–H groups in total. The third kappa shape index (κ3) is 3.57. The number of hydrogen-bond donors (Lipinski definition) is 1. The highest BCUT2D eigenvalue weighted by Crippen LogP contribution is 2.19. The number of nitrogens with one attached hydrogen (secondary N) is 1. The standard InChI is InChI=1S/C22H20N4O2/c1-15-6-8-17(9-7-15)19-13-20-22(28)25(10-11-26(20)24-19)14-21(27)23-18-5-3-4-16(2)12-18/h3-13H,14H2,1-2H3,(H,23,27). The molecule has 1 amide bonds. The monoisotopic (exact) mass is 372 g/mol. The second kappa shape index (κ2) is 7.15. The summed E-state index contributed by atoms with van der Waals surface area (Å²) in [4.78, 5) is 25.1. The smallest absolute Gasteiger partial charge is 0.277 e. The summed E-state index contributed by atoms with van der Waals surface area (Å²) in [6.45, 7) is 3.92. The van der Waals surface area contributed by atoms with Crippen LogP contribution in [0.25, 0.3) is 16.8 Å². The van der Waals surface area contributed by atoms with E-state index in [1.807, 2.05) is 62.4 Å². The second-order valence-electron chi connectivity index (χ2n) is 6.87. The van der Waals surface area contributed by atoms with Crippen molar-refractivity contribution in [3.05, 3.63) is 88.5 Å². The predicted molar refractivity (Wildman–Crippen MR) is 109 cm³/mol. The summed E-state index contributed by atoms with van der Waals surface area (Å²) >= 11 is 0. The number of nitrogens with zero attached hydrogens (tertiary/aromatic N) is 3. The van der Waals surface area contributed by atoms with Crippen LogP contribution in [-0.2, 0) is 11.3 Å². The van der Waals surface area contributed by atoms with Gasteiger partial charge in [0.05, 0.1) is 5.69 Å². The number of aryl methyl sites for hydroxylation is 2. The largest absolute Gasteiger partial charge is 0.325 e. The molecule has 28 heavy (non-hydrogen) atoms. The van der Waals surface area contributed by atoms with Gasteiger partial charge in [-0.2, -0.15) is 5.10 Å². The number of aromatic nitrogens is 3. The Kier molecular flexibility index (Phi) is 4.53. The van der Waals surface area contributed by atoms with Gasteiger partial charge in [0, 0.05) is 23.6 Å². The highest BCUT2D eigenvalue weighted by molar-refractivity contribution is 5.90. The molecule has 0 aliphatic heterocycles. The lowest BCUT2D eigenvalue weighted by Gasteiger charge is -2.08. The first kappa shape index (κ1) is 17.7. The zero-order valence-electron chi connectivity index (χ0n) is 15.7. The van der Waals surface area contributed by atoms with Gasteiger partial charge in [0.15, 0.2) is 0 Å². The van der Waals surface area contributed by atoms with Crippen LogP contribution >= 0.6 is 0 Å². The Morgan fingerprint density at radius 2 is 1.79 bits per heavy atom. The molecule has 0 saturated heterocycles. The van der Waals surface area contributed by atoms with Crippen LogP contribution in [0.5, 0.6) is 0 Å². The first-order valence-corrected chi connectivity index (χ1v) is 9.02. The molecule has 0 radical (unpaired) electrons. The minimum Gasteiger partial charge on any atom is -0.325 e. The van der Waals surface area contributed by atoms with Crippen LogP contribution < -0.4 is 10.9 Å². The van der Waals surface area contributed by atoms with Crippen LogP contribution in [0.3, 0.4) is 0 Å². The van der Waals surface area contributed by atoms with E-state index in [4.69, 9.17) is 0 Å². The van der Waals surface area contributed by atoms with Crippen molar-refractivity contribution in [2.24, 2.45) is 0 Å². The van der Waals surface area contributed by atoms with E-state index in [1.165, 1.54) is 4.57 Å². The number of anilines is 1. The molecule has 0 bridgehead atoms. The van der Waals surface area contributed by atoms with E-state index >= 15 is 0 Å². The van der Waals surface area contributed by atoms with Gasteiger partial charge in [-0.15, -0.1) is 0 Å². The van der Waals surface area contributed by atoms with Gasteiger partial charge in [-0.25, -0.2) is 4.52 Å². The fourth-order valence-electron chi connectivity index (χ4n) is 3.09. The van der Waals surface area contributed by atoms with Gasteiger partial charge < -0.3 is 9.88 Å². The highest BCUT2D eigenvalue weighted by atomic mass is 16.2. The van der Waals surface area contributed by atoms with Crippen molar-refractivity contribution in [3.63, 3.8) is 0 Å². The number of carbonyl (C=O) groups is 1. The molecule has 0 aliphatic carbocycles. The summed E-state index contributed by atoms with van der Waals surface area (Å²) in [5, 5.41) is 7.30.